The number of hydrogen-bond acceptors (Lipinski definition) is 3. The molecule has 0 fully saturated rings. The minimum atomic E-state index is 0. The zero-order valence-electron chi connectivity index (χ0n) is 16.2. The fraction of sp³-hybridized carbons (Fsp3) is 0.632. The molecule has 0 heterocycles. The van der Waals surface area contributed by atoms with Crippen LogP contribution < -0.4 is 10.6 Å². The number of nitrogens with zero attached hydrogens (tertiary/aromatic N) is 2. The van der Waals surface area contributed by atoms with Gasteiger partial charge in [-0.05, 0) is 51.9 Å². The number of rotatable bonds is 11. The molecule has 1 aromatic rings. The predicted molar refractivity (Wildman–Crippen MR) is 118 cm³/mol. The van der Waals surface area contributed by atoms with Gasteiger partial charge in [0, 0.05) is 32.8 Å². The van der Waals surface area contributed by atoms with Gasteiger partial charge in [-0.15, -0.1) is 24.0 Å². The summed E-state index contributed by atoms with van der Waals surface area (Å²) in [5.74, 6) is 0.881. The van der Waals surface area contributed by atoms with E-state index in [2.05, 4.69) is 65.8 Å². The molecule has 0 bridgehead atoms. The van der Waals surface area contributed by atoms with Gasteiger partial charge in [0.05, 0.1) is 6.54 Å². The summed E-state index contributed by atoms with van der Waals surface area (Å²) in [5.41, 5.74) is 2.55. The standard InChI is InChI=1S/C19H34N4O.HI/c1-5-20-19(21-13-7-8-14-24-6-2)22-15-17-9-11-18(12-10-17)16-23(3)4;/h9-12H,5-8,13-16H2,1-4H3,(H2,20,21,22);1H. The highest BCUT2D eigenvalue weighted by atomic mass is 127. The number of aliphatic imine (C=N–C) groups is 1. The van der Waals surface area contributed by atoms with Crippen LogP contribution in [-0.2, 0) is 17.8 Å². The van der Waals surface area contributed by atoms with E-state index in [1.807, 2.05) is 6.92 Å². The first kappa shape index (κ1) is 24.1. The lowest BCUT2D eigenvalue weighted by Crippen LogP contribution is -2.37. The zero-order chi connectivity index (χ0) is 17.6. The van der Waals surface area contributed by atoms with E-state index in [1.54, 1.807) is 0 Å². The Hall–Kier alpha value is -0.860. The summed E-state index contributed by atoms with van der Waals surface area (Å²) in [6, 6.07) is 8.68. The second kappa shape index (κ2) is 15.4. The molecule has 0 aliphatic carbocycles. The molecule has 25 heavy (non-hydrogen) atoms. The van der Waals surface area contributed by atoms with Gasteiger partial charge >= 0.3 is 0 Å². The van der Waals surface area contributed by atoms with Gasteiger partial charge in [-0.3, -0.25) is 0 Å². The van der Waals surface area contributed by atoms with Crippen molar-refractivity contribution < 1.29 is 4.74 Å². The molecule has 6 heteroatoms. The van der Waals surface area contributed by atoms with Crippen LogP contribution in [0.1, 0.15) is 37.8 Å². The number of unbranched alkanes of at least 4 members (excludes halogenated alkanes) is 1. The number of nitrogens with one attached hydrogen (secondary N) is 2. The van der Waals surface area contributed by atoms with Crippen molar-refractivity contribution in [3.63, 3.8) is 0 Å². The monoisotopic (exact) mass is 462 g/mol. The first-order valence-electron chi connectivity index (χ1n) is 8.98. The Labute approximate surface area is 170 Å². The van der Waals surface area contributed by atoms with E-state index in [4.69, 9.17) is 4.74 Å². The summed E-state index contributed by atoms with van der Waals surface area (Å²) in [7, 11) is 4.17. The fourth-order valence-corrected chi connectivity index (χ4v) is 2.31. The topological polar surface area (TPSA) is 48.9 Å². The third-order valence-electron chi connectivity index (χ3n) is 3.50. The molecule has 0 amide bonds. The first-order chi connectivity index (χ1) is 11.7. The summed E-state index contributed by atoms with van der Waals surface area (Å²) in [5, 5.41) is 6.68. The van der Waals surface area contributed by atoms with Crippen LogP contribution in [0.3, 0.4) is 0 Å². The molecule has 0 unspecified atom stereocenters. The molecule has 0 spiro atoms. The summed E-state index contributed by atoms with van der Waals surface area (Å²) < 4.78 is 5.35. The van der Waals surface area contributed by atoms with Crippen molar-refractivity contribution in [1.82, 2.24) is 15.5 Å². The van der Waals surface area contributed by atoms with Gasteiger partial charge < -0.3 is 20.3 Å². The Morgan fingerprint density at radius 3 is 2.32 bits per heavy atom. The Bertz CT molecular complexity index is 463. The third kappa shape index (κ3) is 12.2. The van der Waals surface area contributed by atoms with Crippen LogP contribution in [0, 0.1) is 0 Å². The summed E-state index contributed by atoms with van der Waals surface area (Å²) in [6.45, 7) is 9.19. The largest absolute Gasteiger partial charge is 0.382 e. The Kier molecular flexibility index (Phi) is 14.9. The molecule has 144 valence electrons. The predicted octanol–water partition coefficient (Wildman–Crippen LogP) is 3.24. The number of hydrogen-bond donors (Lipinski definition) is 2. The van der Waals surface area contributed by atoms with Crippen molar-refractivity contribution in [2.24, 2.45) is 4.99 Å². The molecule has 1 rings (SSSR count). The molecule has 0 saturated heterocycles. The average molecular weight is 462 g/mol. The second-order valence-corrected chi connectivity index (χ2v) is 6.08. The van der Waals surface area contributed by atoms with E-state index < -0.39 is 0 Å². The molecule has 5 nitrogen and oxygen atoms in total. The molecule has 0 saturated carbocycles. The molecular weight excluding hydrogens is 427 g/mol. The molecule has 2 N–H and O–H groups in total. The highest BCUT2D eigenvalue weighted by Gasteiger charge is 1.99. The lowest BCUT2D eigenvalue weighted by atomic mass is 10.1. The Balaban J connectivity index is 0.00000576. The minimum absolute atomic E-state index is 0. The molecule has 1 aromatic carbocycles. The molecule has 0 aliphatic heterocycles. The average Bonchev–Trinajstić information content (AvgIpc) is 2.56. The number of ether oxygens (including phenoxy) is 1. The van der Waals surface area contributed by atoms with Crippen LogP contribution in [-0.4, -0.2) is 51.3 Å². The van der Waals surface area contributed by atoms with Crippen LogP contribution in [0.4, 0.5) is 0 Å². The highest BCUT2D eigenvalue weighted by molar-refractivity contribution is 14.0. The number of benzene rings is 1. The third-order valence-corrected chi connectivity index (χ3v) is 3.50. The van der Waals surface area contributed by atoms with Gasteiger partial charge in [-0.1, -0.05) is 24.3 Å². The van der Waals surface area contributed by atoms with Crippen molar-refractivity contribution in [2.75, 3.05) is 40.4 Å². The first-order valence-corrected chi connectivity index (χ1v) is 8.98. The Morgan fingerprint density at radius 2 is 1.72 bits per heavy atom. The SMILES string of the molecule is CCNC(=NCc1ccc(CN(C)C)cc1)NCCCCOCC.I. The number of guanidine groups is 1. The normalized spacial score (nSPS) is 11.3. The van der Waals surface area contributed by atoms with Gasteiger partial charge in [0.15, 0.2) is 5.96 Å². The lowest BCUT2D eigenvalue weighted by molar-refractivity contribution is 0.143. The maximum Gasteiger partial charge on any atom is 0.191 e. The van der Waals surface area contributed by atoms with Crippen LogP contribution in [0.5, 0.6) is 0 Å². The van der Waals surface area contributed by atoms with Crippen molar-refractivity contribution in [3.8, 4) is 0 Å². The molecular formula is C19H35IN4O. The molecule has 0 radical (unpaired) electrons. The van der Waals surface area contributed by atoms with E-state index >= 15 is 0 Å². The highest BCUT2D eigenvalue weighted by Crippen LogP contribution is 2.07. The smallest absolute Gasteiger partial charge is 0.191 e. The molecule has 0 atom stereocenters. The van der Waals surface area contributed by atoms with E-state index in [0.717, 1.165) is 51.6 Å². The van der Waals surface area contributed by atoms with Crippen molar-refractivity contribution in [2.45, 2.75) is 39.8 Å². The Morgan fingerprint density at radius 1 is 1.04 bits per heavy atom. The van der Waals surface area contributed by atoms with Crippen LogP contribution in [0.2, 0.25) is 0 Å². The maximum atomic E-state index is 5.35. The second-order valence-electron chi connectivity index (χ2n) is 6.08. The van der Waals surface area contributed by atoms with Crippen LogP contribution in [0.25, 0.3) is 0 Å². The molecule has 0 aromatic heterocycles. The number of halogens is 1. The summed E-state index contributed by atoms with van der Waals surface area (Å²) in [4.78, 5) is 6.83. The van der Waals surface area contributed by atoms with Gasteiger partial charge in [-0.2, -0.15) is 0 Å². The van der Waals surface area contributed by atoms with E-state index in [0.29, 0.717) is 6.54 Å². The van der Waals surface area contributed by atoms with Crippen molar-refractivity contribution in [1.29, 1.82) is 0 Å². The van der Waals surface area contributed by atoms with E-state index in [9.17, 15) is 0 Å². The van der Waals surface area contributed by atoms with Crippen molar-refractivity contribution in [3.05, 3.63) is 35.4 Å². The van der Waals surface area contributed by atoms with Crippen LogP contribution >= 0.6 is 24.0 Å². The van der Waals surface area contributed by atoms with E-state index in [-0.39, 0.29) is 24.0 Å². The zero-order valence-corrected chi connectivity index (χ0v) is 18.5. The fourth-order valence-electron chi connectivity index (χ4n) is 2.31. The quantitative estimate of drug-likeness (QED) is 0.230. The van der Waals surface area contributed by atoms with Gasteiger partial charge in [0.1, 0.15) is 0 Å². The molecule has 0 aliphatic rings. The lowest BCUT2D eigenvalue weighted by Gasteiger charge is -2.12. The van der Waals surface area contributed by atoms with Gasteiger partial charge in [0.25, 0.3) is 0 Å². The van der Waals surface area contributed by atoms with Crippen molar-refractivity contribution >= 4 is 29.9 Å². The van der Waals surface area contributed by atoms with E-state index in [1.165, 1.54) is 11.1 Å². The summed E-state index contributed by atoms with van der Waals surface area (Å²) >= 11 is 0. The maximum absolute atomic E-state index is 5.35. The van der Waals surface area contributed by atoms with Gasteiger partial charge in [0.2, 0.25) is 0 Å². The summed E-state index contributed by atoms with van der Waals surface area (Å²) in [6.07, 6.45) is 2.16. The minimum Gasteiger partial charge on any atom is -0.382 e. The van der Waals surface area contributed by atoms with Crippen LogP contribution in [0.15, 0.2) is 29.3 Å². The van der Waals surface area contributed by atoms with Gasteiger partial charge in [-0.25, -0.2) is 4.99 Å².